The Morgan fingerprint density at radius 3 is 1.29 bits per heavy atom. The van der Waals surface area contributed by atoms with E-state index in [1.807, 2.05) is 24.3 Å². The van der Waals surface area contributed by atoms with Crippen LogP contribution in [0.25, 0.3) is 0 Å². The van der Waals surface area contributed by atoms with Gasteiger partial charge in [0.1, 0.15) is 13.2 Å². The molecule has 0 heterocycles. The third-order valence-corrected chi connectivity index (χ3v) is 4.84. The molecule has 0 aliphatic heterocycles. The Balaban J connectivity index is 1.39. The van der Waals surface area contributed by atoms with Crippen LogP contribution in [0, 0.1) is 0 Å². The average molecular weight is 465 g/mol. The summed E-state index contributed by atoms with van der Waals surface area (Å²) in [6, 6.07) is 21.0. The molecule has 8 nitrogen and oxygen atoms in total. The number of benzene rings is 3. The lowest BCUT2D eigenvalue weighted by Gasteiger charge is -2.11. The number of methoxy groups -OCH3 is 2. The highest BCUT2D eigenvalue weighted by Gasteiger charge is 2.10. The van der Waals surface area contributed by atoms with E-state index < -0.39 is 0 Å². The standard InChI is InChI=1S/C26H28N2O6/c1-31-21-7-3-5-9-23(21)33-17-15-27-25(29)19-11-13-20(14-12-19)26(30)28-16-18-34-24-10-6-4-8-22(24)32-2/h3-14H,15-18H2,1-2H3,(H,27,29)(H,28,30). The molecule has 178 valence electrons. The smallest absolute Gasteiger partial charge is 0.251 e. The molecule has 0 aromatic heterocycles. The topological polar surface area (TPSA) is 95.1 Å². The highest BCUT2D eigenvalue weighted by Crippen LogP contribution is 2.26. The van der Waals surface area contributed by atoms with Gasteiger partial charge in [-0.15, -0.1) is 0 Å². The van der Waals surface area contributed by atoms with Crippen LogP contribution in [0.2, 0.25) is 0 Å². The molecular formula is C26H28N2O6. The number of hydrogen-bond donors (Lipinski definition) is 2. The number of carbonyl (C=O) groups excluding carboxylic acids is 2. The number of carbonyl (C=O) groups is 2. The molecule has 0 aliphatic carbocycles. The molecule has 3 aromatic rings. The lowest BCUT2D eigenvalue weighted by atomic mass is 10.1. The fourth-order valence-corrected chi connectivity index (χ4v) is 3.10. The number of amides is 2. The molecule has 8 heteroatoms. The molecule has 0 atom stereocenters. The molecular weight excluding hydrogens is 436 g/mol. The first-order valence-electron chi connectivity index (χ1n) is 10.8. The second-order valence-corrected chi connectivity index (χ2v) is 7.09. The zero-order chi connectivity index (χ0) is 24.2. The van der Waals surface area contributed by atoms with E-state index in [-0.39, 0.29) is 11.8 Å². The summed E-state index contributed by atoms with van der Waals surface area (Å²) in [5, 5.41) is 5.58. The monoisotopic (exact) mass is 464 g/mol. The Morgan fingerprint density at radius 1 is 0.588 bits per heavy atom. The lowest BCUT2D eigenvalue weighted by molar-refractivity contribution is 0.0935. The zero-order valence-corrected chi connectivity index (χ0v) is 19.2. The van der Waals surface area contributed by atoms with Crippen molar-refractivity contribution < 1.29 is 28.5 Å². The molecule has 2 N–H and O–H groups in total. The van der Waals surface area contributed by atoms with Crippen molar-refractivity contribution >= 4 is 11.8 Å². The van der Waals surface area contributed by atoms with E-state index in [9.17, 15) is 9.59 Å². The van der Waals surface area contributed by atoms with Crippen molar-refractivity contribution in [1.82, 2.24) is 10.6 Å². The molecule has 0 fully saturated rings. The summed E-state index contributed by atoms with van der Waals surface area (Å²) in [6.07, 6.45) is 0. The van der Waals surface area contributed by atoms with Gasteiger partial charge in [-0.3, -0.25) is 9.59 Å². The fourth-order valence-electron chi connectivity index (χ4n) is 3.10. The van der Waals surface area contributed by atoms with Crippen molar-refractivity contribution in [2.45, 2.75) is 0 Å². The van der Waals surface area contributed by atoms with Crippen LogP contribution in [0.1, 0.15) is 20.7 Å². The van der Waals surface area contributed by atoms with Crippen molar-refractivity contribution in [2.75, 3.05) is 40.5 Å². The van der Waals surface area contributed by atoms with Crippen molar-refractivity contribution in [3.05, 3.63) is 83.9 Å². The fraction of sp³-hybridized carbons (Fsp3) is 0.231. The third-order valence-electron chi connectivity index (χ3n) is 4.84. The zero-order valence-electron chi connectivity index (χ0n) is 19.2. The minimum atomic E-state index is -0.249. The summed E-state index contributed by atoms with van der Waals surface area (Å²) >= 11 is 0. The lowest BCUT2D eigenvalue weighted by Crippen LogP contribution is -2.29. The predicted octanol–water partition coefficient (Wildman–Crippen LogP) is 3.32. The quantitative estimate of drug-likeness (QED) is 0.400. The number of rotatable bonds is 12. The number of ether oxygens (including phenoxy) is 4. The van der Waals surface area contributed by atoms with Crippen LogP contribution in [0.15, 0.2) is 72.8 Å². The first-order valence-corrected chi connectivity index (χ1v) is 10.8. The maximum Gasteiger partial charge on any atom is 0.251 e. The van der Waals surface area contributed by atoms with Crippen LogP contribution in [0.4, 0.5) is 0 Å². The van der Waals surface area contributed by atoms with Gasteiger partial charge in [0.15, 0.2) is 23.0 Å². The van der Waals surface area contributed by atoms with E-state index in [2.05, 4.69) is 10.6 Å². The maximum absolute atomic E-state index is 12.3. The Labute approximate surface area is 198 Å². The Kier molecular flexibility index (Phi) is 9.16. The van der Waals surface area contributed by atoms with Crippen LogP contribution in [-0.2, 0) is 0 Å². The van der Waals surface area contributed by atoms with Crippen molar-refractivity contribution in [3.63, 3.8) is 0 Å². The normalized spacial score (nSPS) is 10.2. The van der Waals surface area contributed by atoms with Gasteiger partial charge < -0.3 is 29.6 Å². The highest BCUT2D eigenvalue weighted by molar-refractivity contribution is 5.97. The minimum Gasteiger partial charge on any atom is -0.493 e. The van der Waals surface area contributed by atoms with Crippen molar-refractivity contribution in [1.29, 1.82) is 0 Å². The molecule has 2 amide bonds. The molecule has 0 saturated carbocycles. The van der Waals surface area contributed by atoms with Gasteiger partial charge in [0.05, 0.1) is 27.3 Å². The van der Waals surface area contributed by atoms with E-state index in [4.69, 9.17) is 18.9 Å². The van der Waals surface area contributed by atoms with E-state index >= 15 is 0 Å². The summed E-state index contributed by atoms with van der Waals surface area (Å²) in [6.45, 7) is 1.24. The molecule has 34 heavy (non-hydrogen) atoms. The average Bonchev–Trinajstić information content (AvgIpc) is 2.89. The Hall–Kier alpha value is -4.20. The highest BCUT2D eigenvalue weighted by atomic mass is 16.5. The van der Waals surface area contributed by atoms with Crippen LogP contribution < -0.4 is 29.6 Å². The molecule has 0 aliphatic rings. The molecule has 3 aromatic carbocycles. The SMILES string of the molecule is COc1ccccc1OCCNC(=O)c1ccc(C(=O)NCCOc2ccccc2OC)cc1. The Morgan fingerprint density at radius 2 is 0.941 bits per heavy atom. The number of para-hydroxylation sites is 4. The van der Waals surface area contributed by atoms with Crippen molar-refractivity contribution in [3.8, 4) is 23.0 Å². The summed E-state index contributed by atoms with van der Waals surface area (Å²) in [7, 11) is 3.15. The molecule has 0 saturated heterocycles. The van der Waals surface area contributed by atoms with Gasteiger partial charge in [-0.25, -0.2) is 0 Å². The second-order valence-electron chi connectivity index (χ2n) is 7.09. The third kappa shape index (κ3) is 6.90. The van der Waals surface area contributed by atoms with Gasteiger partial charge in [-0.1, -0.05) is 24.3 Å². The van der Waals surface area contributed by atoms with Crippen LogP contribution in [0.5, 0.6) is 23.0 Å². The van der Waals surface area contributed by atoms with E-state index in [0.717, 1.165) is 0 Å². The first kappa shape index (κ1) is 24.4. The number of hydrogen-bond acceptors (Lipinski definition) is 6. The van der Waals surface area contributed by atoms with E-state index in [1.54, 1.807) is 62.8 Å². The Bertz CT molecular complexity index is 998. The van der Waals surface area contributed by atoms with Crippen LogP contribution in [0.3, 0.4) is 0 Å². The predicted molar refractivity (Wildman–Crippen MR) is 128 cm³/mol. The van der Waals surface area contributed by atoms with Crippen molar-refractivity contribution in [2.24, 2.45) is 0 Å². The summed E-state index contributed by atoms with van der Waals surface area (Å²) < 4.78 is 21.7. The maximum atomic E-state index is 12.3. The van der Waals surface area contributed by atoms with Gasteiger partial charge in [-0.05, 0) is 48.5 Å². The molecule has 0 unspecified atom stereocenters. The molecule has 3 rings (SSSR count). The van der Waals surface area contributed by atoms with E-state index in [0.29, 0.717) is 60.4 Å². The van der Waals surface area contributed by atoms with Gasteiger partial charge >= 0.3 is 0 Å². The summed E-state index contributed by atoms with van der Waals surface area (Å²) in [5.41, 5.74) is 0.904. The second kappa shape index (κ2) is 12.7. The summed E-state index contributed by atoms with van der Waals surface area (Å²) in [4.78, 5) is 24.7. The largest absolute Gasteiger partial charge is 0.493 e. The van der Waals surface area contributed by atoms with Crippen LogP contribution in [-0.4, -0.2) is 52.3 Å². The van der Waals surface area contributed by atoms with Gasteiger partial charge in [0.25, 0.3) is 11.8 Å². The van der Waals surface area contributed by atoms with E-state index in [1.165, 1.54) is 0 Å². The number of nitrogens with one attached hydrogen (secondary N) is 2. The first-order chi connectivity index (χ1) is 16.6. The molecule has 0 spiro atoms. The molecule has 0 radical (unpaired) electrons. The van der Waals surface area contributed by atoms with Gasteiger partial charge in [-0.2, -0.15) is 0 Å². The van der Waals surface area contributed by atoms with Gasteiger partial charge in [0, 0.05) is 11.1 Å². The van der Waals surface area contributed by atoms with Gasteiger partial charge in [0.2, 0.25) is 0 Å². The minimum absolute atomic E-state index is 0.249. The van der Waals surface area contributed by atoms with Crippen LogP contribution >= 0.6 is 0 Å². The summed E-state index contributed by atoms with van der Waals surface area (Å²) in [5.74, 6) is 2.00. The molecule has 0 bridgehead atoms.